The fourth-order valence-corrected chi connectivity index (χ4v) is 5.68. The van der Waals surface area contributed by atoms with Crippen molar-refractivity contribution >= 4 is 44.0 Å². The zero-order valence-electron chi connectivity index (χ0n) is 15.5. The van der Waals surface area contributed by atoms with Gasteiger partial charge in [-0.3, -0.25) is 4.79 Å². The normalized spacial score (nSPS) is 15.5. The van der Waals surface area contributed by atoms with Gasteiger partial charge in [0.25, 0.3) is 0 Å². The fraction of sp³-hybridized carbons (Fsp3) is 0.471. The van der Waals surface area contributed by atoms with Crippen molar-refractivity contribution in [3.8, 4) is 0 Å². The maximum atomic E-state index is 12.8. The van der Waals surface area contributed by atoms with Crippen molar-refractivity contribution in [3.05, 3.63) is 29.8 Å². The van der Waals surface area contributed by atoms with Gasteiger partial charge in [0.2, 0.25) is 15.2 Å². The average Bonchev–Trinajstić information content (AvgIpc) is 3.19. The molecule has 0 atom stereocenters. The van der Waals surface area contributed by atoms with Crippen LogP contribution in [0.15, 0.2) is 33.5 Å². The molecule has 0 aliphatic carbocycles. The van der Waals surface area contributed by atoms with Crippen molar-refractivity contribution in [3.63, 3.8) is 0 Å². The Hall–Kier alpha value is -1.53. The van der Waals surface area contributed by atoms with Gasteiger partial charge in [-0.15, -0.1) is 10.2 Å². The number of carbonyl (C=O) groups excluding carboxylic acids is 1. The molecule has 1 N–H and O–H groups in total. The maximum absolute atomic E-state index is 12.8. The number of hydrogen-bond donors (Lipinski definition) is 1. The third-order valence-corrected chi connectivity index (χ3v) is 8.11. The molecular weight excluding hydrogens is 420 g/mol. The topological polar surface area (TPSA) is 101 Å². The van der Waals surface area contributed by atoms with Crippen LogP contribution in [0.4, 0.5) is 5.13 Å². The number of aromatic nitrogens is 2. The Morgan fingerprint density at radius 3 is 2.86 bits per heavy atom. The van der Waals surface area contributed by atoms with Crippen LogP contribution in [0.2, 0.25) is 0 Å². The van der Waals surface area contributed by atoms with Gasteiger partial charge in [-0.1, -0.05) is 42.2 Å². The summed E-state index contributed by atoms with van der Waals surface area (Å²) in [6.07, 6.45) is 1.05. The molecule has 1 fully saturated rings. The Bertz CT molecular complexity index is 911. The number of ketones is 1. The smallest absolute Gasteiger partial charge is 0.243 e. The SMILES string of the molecule is CCCSc1nnc(NCC(=O)c2cccc(S(=O)(=O)N3CCOCC3)c2)s1. The van der Waals surface area contributed by atoms with Crippen molar-refractivity contribution in [2.24, 2.45) is 0 Å². The molecule has 0 amide bonds. The first-order valence-electron chi connectivity index (χ1n) is 8.92. The second kappa shape index (κ2) is 9.79. The minimum atomic E-state index is -3.63. The van der Waals surface area contributed by atoms with Crippen LogP contribution < -0.4 is 5.32 Å². The number of thioether (sulfide) groups is 1. The summed E-state index contributed by atoms with van der Waals surface area (Å²) in [5.74, 6) is 0.759. The van der Waals surface area contributed by atoms with E-state index in [1.54, 1.807) is 23.9 Å². The minimum Gasteiger partial charge on any atom is -0.379 e. The minimum absolute atomic E-state index is 0.0220. The number of morpholine rings is 1. The second-order valence-corrected chi connectivity index (χ2v) is 10.3. The summed E-state index contributed by atoms with van der Waals surface area (Å²) in [5, 5.41) is 11.6. The molecule has 1 saturated heterocycles. The van der Waals surface area contributed by atoms with Crippen molar-refractivity contribution in [2.45, 2.75) is 22.6 Å². The van der Waals surface area contributed by atoms with Crippen LogP contribution in [0, 0.1) is 0 Å². The van der Waals surface area contributed by atoms with Gasteiger partial charge in [0.15, 0.2) is 10.1 Å². The van der Waals surface area contributed by atoms with Crippen molar-refractivity contribution in [2.75, 3.05) is 43.9 Å². The predicted octanol–water partition coefficient (Wildman–Crippen LogP) is 2.36. The van der Waals surface area contributed by atoms with Crippen LogP contribution in [0.25, 0.3) is 0 Å². The highest BCUT2D eigenvalue weighted by atomic mass is 32.2. The molecular formula is C17H22N4O4S3. The molecule has 2 heterocycles. The Morgan fingerprint density at radius 2 is 2.11 bits per heavy atom. The number of anilines is 1. The summed E-state index contributed by atoms with van der Waals surface area (Å²) in [6.45, 7) is 3.51. The van der Waals surface area contributed by atoms with Gasteiger partial charge in [-0.25, -0.2) is 8.42 Å². The van der Waals surface area contributed by atoms with E-state index in [0.29, 0.717) is 37.0 Å². The predicted molar refractivity (Wildman–Crippen MR) is 110 cm³/mol. The number of sulfonamides is 1. The van der Waals surface area contributed by atoms with Crippen LogP contribution in [-0.4, -0.2) is 67.3 Å². The Kier molecular flexibility index (Phi) is 7.41. The fourth-order valence-electron chi connectivity index (χ4n) is 2.55. The van der Waals surface area contributed by atoms with E-state index in [1.807, 2.05) is 0 Å². The first kappa shape index (κ1) is 21.2. The van der Waals surface area contributed by atoms with Crippen LogP contribution in [-0.2, 0) is 14.8 Å². The molecule has 152 valence electrons. The van der Waals surface area contributed by atoms with Crippen LogP contribution in [0.5, 0.6) is 0 Å². The Morgan fingerprint density at radius 1 is 1.32 bits per heavy atom. The van der Waals surface area contributed by atoms with Crippen LogP contribution in [0.1, 0.15) is 23.7 Å². The molecule has 3 rings (SSSR count). The molecule has 0 unspecified atom stereocenters. The van der Waals surface area contributed by atoms with E-state index >= 15 is 0 Å². The molecule has 1 aromatic heterocycles. The van der Waals surface area contributed by atoms with Gasteiger partial charge in [0.05, 0.1) is 24.7 Å². The molecule has 2 aromatic rings. The van der Waals surface area contributed by atoms with Crippen LogP contribution in [0.3, 0.4) is 0 Å². The van der Waals surface area contributed by atoms with E-state index in [2.05, 4.69) is 22.4 Å². The largest absolute Gasteiger partial charge is 0.379 e. The van der Waals surface area contributed by atoms with Gasteiger partial charge in [-0.2, -0.15) is 4.31 Å². The second-order valence-electron chi connectivity index (χ2n) is 6.04. The van der Waals surface area contributed by atoms with E-state index in [1.165, 1.54) is 27.8 Å². The average molecular weight is 443 g/mol. The van der Waals surface area contributed by atoms with E-state index in [9.17, 15) is 13.2 Å². The third kappa shape index (κ3) is 5.29. The van der Waals surface area contributed by atoms with Gasteiger partial charge in [-0.05, 0) is 18.6 Å². The van der Waals surface area contributed by atoms with Gasteiger partial charge >= 0.3 is 0 Å². The Balaban J connectivity index is 1.64. The van der Waals surface area contributed by atoms with Crippen molar-refractivity contribution < 1.29 is 17.9 Å². The lowest BCUT2D eigenvalue weighted by molar-refractivity contribution is 0.0730. The number of hydrogen-bond acceptors (Lipinski definition) is 9. The number of ether oxygens (including phenoxy) is 1. The summed E-state index contributed by atoms with van der Waals surface area (Å²) < 4.78 is 33.0. The van der Waals surface area contributed by atoms with E-state index in [0.717, 1.165) is 16.5 Å². The summed E-state index contributed by atoms with van der Waals surface area (Å²) in [4.78, 5) is 12.6. The number of nitrogens with zero attached hydrogens (tertiary/aromatic N) is 3. The molecule has 1 aliphatic heterocycles. The molecule has 11 heteroatoms. The van der Waals surface area contributed by atoms with Gasteiger partial charge in [0.1, 0.15) is 0 Å². The lowest BCUT2D eigenvalue weighted by Crippen LogP contribution is -2.40. The standard InChI is InChI=1S/C17H22N4O4S3/c1-2-10-26-17-20-19-16(27-17)18-12-15(22)13-4-3-5-14(11-13)28(23,24)21-6-8-25-9-7-21/h3-5,11H,2,6-10,12H2,1H3,(H,18,19). The third-order valence-electron chi connectivity index (χ3n) is 4.00. The van der Waals surface area contributed by atoms with Crippen molar-refractivity contribution in [1.29, 1.82) is 0 Å². The first-order chi connectivity index (χ1) is 13.5. The zero-order chi connectivity index (χ0) is 20.0. The summed E-state index contributed by atoms with van der Waals surface area (Å²) in [6, 6.07) is 6.14. The molecule has 8 nitrogen and oxygen atoms in total. The lowest BCUT2D eigenvalue weighted by Gasteiger charge is -2.26. The molecule has 0 spiro atoms. The molecule has 1 aliphatic rings. The quantitative estimate of drug-likeness (QED) is 0.466. The van der Waals surface area contributed by atoms with E-state index in [4.69, 9.17) is 4.74 Å². The summed E-state index contributed by atoms with van der Waals surface area (Å²) in [7, 11) is -3.63. The highest BCUT2D eigenvalue weighted by Gasteiger charge is 2.26. The number of Topliss-reactive ketones (excluding diaryl/α,β-unsaturated/α-hetero) is 1. The van der Waals surface area contributed by atoms with Gasteiger partial charge < -0.3 is 10.1 Å². The molecule has 28 heavy (non-hydrogen) atoms. The van der Waals surface area contributed by atoms with Crippen LogP contribution >= 0.6 is 23.1 Å². The Labute approximate surface area is 172 Å². The highest BCUT2D eigenvalue weighted by Crippen LogP contribution is 2.26. The maximum Gasteiger partial charge on any atom is 0.243 e. The zero-order valence-corrected chi connectivity index (χ0v) is 17.9. The number of rotatable bonds is 9. The van der Waals surface area contributed by atoms with E-state index < -0.39 is 10.0 Å². The van der Waals surface area contributed by atoms with Gasteiger partial charge in [0, 0.05) is 24.4 Å². The summed E-state index contributed by atoms with van der Waals surface area (Å²) in [5.41, 5.74) is 0.340. The van der Waals surface area contributed by atoms with Crippen molar-refractivity contribution in [1.82, 2.24) is 14.5 Å². The first-order valence-corrected chi connectivity index (χ1v) is 12.2. The monoisotopic (exact) mass is 442 g/mol. The molecule has 1 aromatic carbocycles. The van der Waals surface area contributed by atoms with E-state index in [-0.39, 0.29) is 17.2 Å². The number of carbonyl (C=O) groups is 1. The highest BCUT2D eigenvalue weighted by molar-refractivity contribution is 8.01. The number of benzene rings is 1. The lowest BCUT2D eigenvalue weighted by atomic mass is 10.1. The number of nitrogens with one attached hydrogen (secondary N) is 1. The molecule has 0 saturated carbocycles. The summed E-state index contributed by atoms with van der Waals surface area (Å²) >= 11 is 3.03. The molecule has 0 bridgehead atoms. The molecule has 0 radical (unpaired) electrons.